The van der Waals surface area contributed by atoms with Crippen LogP contribution in [0.4, 0.5) is 0 Å². The van der Waals surface area contributed by atoms with Crippen LogP contribution in [0.3, 0.4) is 0 Å². The van der Waals surface area contributed by atoms with Gasteiger partial charge in [-0.3, -0.25) is 4.40 Å². The average molecular weight is 208 g/mol. The molecule has 0 radical (unpaired) electrons. The summed E-state index contributed by atoms with van der Waals surface area (Å²) in [4.78, 5) is 16.8. The van der Waals surface area contributed by atoms with Crippen LogP contribution < -0.4 is 0 Å². The second kappa shape index (κ2) is 2.57. The highest BCUT2D eigenvalue weighted by Crippen LogP contribution is 2.43. The van der Waals surface area contributed by atoms with Gasteiger partial charge in [0.25, 0.3) is 0 Å². The molecule has 1 fully saturated rings. The van der Waals surface area contributed by atoms with Crippen LogP contribution >= 0.6 is 11.3 Å². The van der Waals surface area contributed by atoms with E-state index in [1.54, 1.807) is 17.5 Å². The van der Waals surface area contributed by atoms with Crippen molar-refractivity contribution in [2.75, 3.05) is 0 Å². The zero-order chi connectivity index (χ0) is 9.71. The van der Waals surface area contributed by atoms with Gasteiger partial charge in [0.15, 0.2) is 10.7 Å². The van der Waals surface area contributed by atoms with Crippen LogP contribution in [-0.4, -0.2) is 20.5 Å². The van der Waals surface area contributed by atoms with E-state index in [1.165, 1.54) is 17.7 Å². The molecule has 0 aliphatic heterocycles. The van der Waals surface area contributed by atoms with Crippen LogP contribution in [0.25, 0.3) is 4.96 Å². The van der Waals surface area contributed by atoms with Crippen LogP contribution in [-0.2, 0) is 0 Å². The summed E-state index contributed by atoms with van der Waals surface area (Å²) in [5, 5.41) is 8.72. The third kappa shape index (κ3) is 1.13. The van der Waals surface area contributed by atoms with Crippen molar-refractivity contribution in [2.24, 2.45) is 0 Å². The fraction of sp³-hybridized carbons (Fsp3) is 0.333. The Hall–Kier alpha value is -1.36. The summed E-state index contributed by atoms with van der Waals surface area (Å²) in [6.07, 6.45) is 6.09. The van der Waals surface area contributed by atoms with Gasteiger partial charge in [0.1, 0.15) is 0 Å². The topological polar surface area (TPSA) is 54.6 Å². The number of imidazole rings is 1. The van der Waals surface area contributed by atoms with E-state index in [0.717, 1.165) is 4.96 Å². The molecule has 72 valence electrons. The van der Waals surface area contributed by atoms with Crippen LogP contribution in [0.15, 0.2) is 12.4 Å². The number of carboxylic acid groups (broad SMARTS) is 1. The maximum Gasteiger partial charge on any atom is 0.356 e. The number of nitrogens with zero attached hydrogens (tertiary/aromatic N) is 2. The summed E-state index contributed by atoms with van der Waals surface area (Å²) in [6.45, 7) is 0. The van der Waals surface area contributed by atoms with Crippen molar-refractivity contribution in [3.63, 3.8) is 0 Å². The average Bonchev–Trinajstić information content (AvgIpc) is 2.76. The summed E-state index contributed by atoms with van der Waals surface area (Å²) in [6, 6.07) is 0. The van der Waals surface area contributed by atoms with Crippen molar-refractivity contribution in [1.82, 2.24) is 9.38 Å². The van der Waals surface area contributed by atoms with Crippen molar-refractivity contribution in [3.8, 4) is 0 Å². The number of aromatic nitrogens is 2. The highest BCUT2D eigenvalue weighted by Gasteiger charge is 2.26. The van der Waals surface area contributed by atoms with Gasteiger partial charge in [0.2, 0.25) is 0 Å². The van der Waals surface area contributed by atoms with Crippen LogP contribution in [0.1, 0.15) is 34.1 Å². The standard InChI is InChI=1S/C9H8N2O2S/c12-8(13)6-3-11-4-7(5-1-2-5)14-9(11)10-6/h3-5H,1-2H2,(H,12,13). The molecule has 0 amide bonds. The predicted molar refractivity (Wildman–Crippen MR) is 52.0 cm³/mol. The van der Waals surface area contributed by atoms with Gasteiger partial charge in [-0.05, 0) is 18.8 Å². The highest BCUT2D eigenvalue weighted by molar-refractivity contribution is 7.17. The third-order valence-electron chi connectivity index (χ3n) is 2.37. The molecule has 3 rings (SSSR count). The van der Waals surface area contributed by atoms with Gasteiger partial charge >= 0.3 is 5.97 Å². The lowest BCUT2D eigenvalue weighted by molar-refractivity contribution is 0.0691. The number of hydrogen-bond donors (Lipinski definition) is 1. The van der Waals surface area contributed by atoms with E-state index in [9.17, 15) is 4.79 Å². The third-order valence-corrected chi connectivity index (χ3v) is 3.53. The van der Waals surface area contributed by atoms with Gasteiger partial charge in [0.05, 0.1) is 0 Å². The van der Waals surface area contributed by atoms with Crippen molar-refractivity contribution >= 4 is 22.3 Å². The molecular formula is C9H8N2O2S. The lowest BCUT2D eigenvalue weighted by Gasteiger charge is -1.85. The lowest BCUT2D eigenvalue weighted by Crippen LogP contribution is -1.95. The number of rotatable bonds is 2. The zero-order valence-electron chi connectivity index (χ0n) is 7.30. The molecule has 2 aromatic rings. The molecular weight excluding hydrogens is 200 g/mol. The zero-order valence-corrected chi connectivity index (χ0v) is 8.12. The molecule has 1 aliphatic rings. The summed E-state index contributed by atoms with van der Waals surface area (Å²) in [7, 11) is 0. The molecule has 1 N–H and O–H groups in total. The minimum atomic E-state index is -0.964. The molecule has 2 aromatic heterocycles. The van der Waals surface area contributed by atoms with E-state index in [0.29, 0.717) is 5.92 Å². The van der Waals surface area contributed by atoms with Crippen molar-refractivity contribution in [3.05, 3.63) is 23.0 Å². The molecule has 1 aliphatic carbocycles. The van der Waals surface area contributed by atoms with Crippen LogP contribution in [0.5, 0.6) is 0 Å². The second-order valence-electron chi connectivity index (χ2n) is 3.53. The molecule has 0 aromatic carbocycles. The molecule has 0 bridgehead atoms. The van der Waals surface area contributed by atoms with E-state index in [-0.39, 0.29) is 5.69 Å². The largest absolute Gasteiger partial charge is 0.476 e. The Labute approximate surface area is 83.8 Å². The maximum atomic E-state index is 10.6. The van der Waals surface area contributed by atoms with E-state index >= 15 is 0 Å². The Bertz CT molecular complexity index is 478. The SMILES string of the molecule is O=C(O)c1cn2cc(C3CC3)sc2n1. The monoisotopic (exact) mass is 208 g/mol. The number of fused-ring (bicyclic) bond motifs is 1. The number of thiazole rings is 1. The maximum absolute atomic E-state index is 10.6. The van der Waals surface area contributed by atoms with E-state index < -0.39 is 5.97 Å². The lowest BCUT2D eigenvalue weighted by atomic mass is 10.4. The molecule has 4 nitrogen and oxygen atoms in total. The molecule has 0 spiro atoms. The number of hydrogen-bond acceptors (Lipinski definition) is 3. The van der Waals surface area contributed by atoms with Crippen LogP contribution in [0.2, 0.25) is 0 Å². The van der Waals surface area contributed by atoms with Crippen molar-refractivity contribution in [1.29, 1.82) is 0 Å². The Kier molecular flexibility index (Phi) is 1.47. The normalized spacial score (nSPS) is 16.3. The van der Waals surface area contributed by atoms with E-state index in [2.05, 4.69) is 4.98 Å². The van der Waals surface area contributed by atoms with Crippen LogP contribution in [0, 0.1) is 0 Å². The van der Waals surface area contributed by atoms with E-state index in [1.807, 2.05) is 10.6 Å². The van der Waals surface area contributed by atoms with Gasteiger partial charge in [-0.25, -0.2) is 9.78 Å². The summed E-state index contributed by atoms with van der Waals surface area (Å²) in [5.74, 6) is -0.260. The first-order chi connectivity index (χ1) is 6.74. The number of carbonyl (C=O) groups is 1. The number of carboxylic acids is 1. The summed E-state index contributed by atoms with van der Waals surface area (Å²) >= 11 is 1.59. The quantitative estimate of drug-likeness (QED) is 0.820. The molecule has 5 heteroatoms. The Morgan fingerprint density at radius 3 is 2.93 bits per heavy atom. The van der Waals surface area contributed by atoms with Gasteiger partial charge in [-0.1, -0.05) is 0 Å². The van der Waals surface area contributed by atoms with Crippen molar-refractivity contribution < 1.29 is 9.90 Å². The first kappa shape index (κ1) is 7.99. The summed E-state index contributed by atoms with van der Waals surface area (Å²) in [5.41, 5.74) is 0.124. The minimum Gasteiger partial charge on any atom is -0.476 e. The Balaban J connectivity index is 2.09. The van der Waals surface area contributed by atoms with Gasteiger partial charge in [-0.15, -0.1) is 11.3 Å². The highest BCUT2D eigenvalue weighted by atomic mass is 32.1. The fourth-order valence-electron chi connectivity index (χ4n) is 1.47. The molecule has 2 heterocycles. The first-order valence-corrected chi connectivity index (χ1v) is 5.27. The minimum absolute atomic E-state index is 0.124. The molecule has 0 unspecified atom stereocenters. The van der Waals surface area contributed by atoms with Gasteiger partial charge in [-0.2, -0.15) is 0 Å². The summed E-state index contributed by atoms with van der Waals surface area (Å²) < 4.78 is 1.81. The second-order valence-corrected chi connectivity index (χ2v) is 4.57. The number of aromatic carboxylic acids is 1. The first-order valence-electron chi connectivity index (χ1n) is 4.46. The van der Waals surface area contributed by atoms with Gasteiger partial charge < -0.3 is 5.11 Å². The molecule has 1 saturated carbocycles. The van der Waals surface area contributed by atoms with E-state index in [4.69, 9.17) is 5.11 Å². The Morgan fingerprint density at radius 1 is 1.57 bits per heavy atom. The molecule has 14 heavy (non-hydrogen) atoms. The van der Waals surface area contributed by atoms with Gasteiger partial charge in [0, 0.05) is 17.3 Å². The predicted octanol–water partition coefficient (Wildman–Crippen LogP) is 1.97. The molecule has 0 saturated heterocycles. The Morgan fingerprint density at radius 2 is 2.36 bits per heavy atom. The smallest absolute Gasteiger partial charge is 0.356 e. The fourth-order valence-corrected chi connectivity index (χ4v) is 2.61. The molecule has 0 atom stereocenters. The van der Waals surface area contributed by atoms with Crippen molar-refractivity contribution in [2.45, 2.75) is 18.8 Å².